The van der Waals surface area contributed by atoms with Gasteiger partial charge in [-0.3, -0.25) is 0 Å². The fourth-order valence-electron chi connectivity index (χ4n) is 3.85. The fourth-order valence-corrected chi connectivity index (χ4v) is 5.13. The quantitative estimate of drug-likeness (QED) is 0.387. The molecule has 0 amide bonds. The van der Waals surface area contributed by atoms with Crippen LogP contribution in [0.4, 0.5) is 14.6 Å². The van der Waals surface area contributed by atoms with E-state index >= 15 is 0 Å². The molecule has 5 rings (SSSR count). The number of nitrogens with zero attached hydrogens (tertiary/aromatic N) is 4. The number of hydrogen-bond acceptors (Lipinski definition) is 5. The first-order chi connectivity index (χ1) is 14.1. The van der Waals surface area contributed by atoms with Crippen molar-refractivity contribution in [1.29, 1.82) is 0 Å². The summed E-state index contributed by atoms with van der Waals surface area (Å²) in [5, 5.41) is 2.61. The predicted molar refractivity (Wildman–Crippen MR) is 113 cm³/mol. The second-order valence-corrected chi connectivity index (χ2v) is 8.65. The lowest BCUT2D eigenvalue weighted by Gasteiger charge is -2.32. The highest BCUT2D eigenvalue weighted by molar-refractivity contribution is 7.18. The number of benzene rings is 2. The molecule has 1 fully saturated rings. The predicted octanol–water partition coefficient (Wildman–Crippen LogP) is 6.21. The lowest BCUT2D eigenvalue weighted by molar-refractivity contribution is 0.141. The summed E-state index contributed by atoms with van der Waals surface area (Å²) < 4.78 is 27.7. The number of para-hydroxylation sites is 1. The Balaban J connectivity index is 1.41. The number of fused-ring (bicyclic) bond motifs is 2. The lowest BCUT2D eigenvalue weighted by atomic mass is 9.97. The van der Waals surface area contributed by atoms with Gasteiger partial charge in [-0.1, -0.05) is 23.7 Å². The van der Waals surface area contributed by atoms with Gasteiger partial charge < -0.3 is 4.90 Å². The Bertz CT molecular complexity index is 1190. The zero-order chi connectivity index (χ0) is 20.0. The Morgan fingerprint density at radius 2 is 1.79 bits per heavy atom. The Morgan fingerprint density at radius 3 is 2.59 bits per heavy atom. The smallest absolute Gasteiger partial charge is 0.297 e. The summed E-state index contributed by atoms with van der Waals surface area (Å²) in [4.78, 5) is 15.1. The van der Waals surface area contributed by atoms with Crippen molar-refractivity contribution >= 4 is 49.9 Å². The summed E-state index contributed by atoms with van der Waals surface area (Å²) in [6, 6.07) is 13.1. The van der Waals surface area contributed by atoms with Gasteiger partial charge in [0.15, 0.2) is 5.82 Å². The van der Waals surface area contributed by atoms with Crippen LogP contribution in [0.1, 0.15) is 36.0 Å². The van der Waals surface area contributed by atoms with Crippen LogP contribution in [0.3, 0.4) is 0 Å². The van der Waals surface area contributed by atoms with Crippen LogP contribution in [0.15, 0.2) is 42.5 Å². The van der Waals surface area contributed by atoms with E-state index in [0.717, 1.165) is 46.5 Å². The number of alkyl halides is 2. The molecule has 0 aliphatic carbocycles. The van der Waals surface area contributed by atoms with Crippen LogP contribution in [0.5, 0.6) is 0 Å². The summed E-state index contributed by atoms with van der Waals surface area (Å²) in [5.74, 6) is 0.536. The van der Waals surface area contributed by atoms with Crippen molar-refractivity contribution in [1.82, 2.24) is 15.0 Å². The minimum absolute atomic E-state index is 0.352. The molecule has 8 heteroatoms. The molecular formula is C21H17ClF2N4S. The molecule has 0 saturated carbocycles. The molecule has 148 valence electrons. The van der Waals surface area contributed by atoms with E-state index in [1.807, 2.05) is 30.3 Å². The molecule has 4 nitrogen and oxygen atoms in total. The van der Waals surface area contributed by atoms with E-state index in [9.17, 15) is 8.78 Å². The third-order valence-electron chi connectivity index (χ3n) is 5.31. The van der Waals surface area contributed by atoms with Crippen molar-refractivity contribution in [2.75, 3.05) is 18.0 Å². The zero-order valence-electron chi connectivity index (χ0n) is 15.4. The number of thiazole rings is 1. The molecule has 3 heterocycles. The molecule has 2 aromatic carbocycles. The number of anilines is 1. The normalized spacial score (nSPS) is 15.7. The second-order valence-electron chi connectivity index (χ2n) is 7.15. The third-order valence-corrected chi connectivity index (χ3v) is 6.74. The van der Waals surface area contributed by atoms with Crippen molar-refractivity contribution in [2.45, 2.75) is 25.2 Å². The molecule has 1 aliphatic rings. The van der Waals surface area contributed by atoms with Crippen molar-refractivity contribution in [3.8, 4) is 0 Å². The Hall–Kier alpha value is -2.38. The average molecular weight is 431 g/mol. The van der Waals surface area contributed by atoms with Gasteiger partial charge in [-0.2, -0.15) is 0 Å². The molecule has 0 unspecified atom stereocenters. The van der Waals surface area contributed by atoms with Crippen LogP contribution in [0.25, 0.3) is 21.1 Å². The van der Waals surface area contributed by atoms with E-state index in [2.05, 4.69) is 14.9 Å². The van der Waals surface area contributed by atoms with Crippen molar-refractivity contribution in [3.05, 3.63) is 58.3 Å². The molecular weight excluding hydrogens is 414 g/mol. The van der Waals surface area contributed by atoms with Crippen LogP contribution < -0.4 is 4.90 Å². The van der Waals surface area contributed by atoms with Gasteiger partial charge in [0.25, 0.3) is 6.43 Å². The monoisotopic (exact) mass is 430 g/mol. The minimum Gasteiger partial charge on any atom is -0.356 e. The van der Waals surface area contributed by atoms with E-state index in [-0.39, 0.29) is 0 Å². The first kappa shape index (κ1) is 18.6. The van der Waals surface area contributed by atoms with Crippen molar-refractivity contribution < 1.29 is 8.78 Å². The maximum Gasteiger partial charge on any atom is 0.297 e. The summed E-state index contributed by atoms with van der Waals surface area (Å²) in [5.41, 5.74) is 1.49. The molecule has 0 N–H and O–H groups in total. The van der Waals surface area contributed by atoms with Gasteiger partial charge in [-0.25, -0.2) is 23.7 Å². The SMILES string of the molecule is FC(F)c1nc(N2CCC(c3nc4cc(Cl)ccc4s3)CC2)c2ccccc2n1. The van der Waals surface area contributed by atoms with E-state index in [1.165, 1.54) is 0 Å². The molecule has 1 saturated heterocycles. The van der Waals surface area contributed by atoms with Gasteiger partial charge in [-0.05, 0) is 43.2 Å². The van der Waals surface area contributed by atoms with E-state index in [0.29, 0.717) is 22.3 Å². The summed E-state index contributed by atoms with van der Waals surface area (Å²) in [6.07, 6.45) is -0.892. The van der Waals surface area contributed by atoms with Gasteiger partial charge in [0, 0.05) is 29.4 Å². The van der Waals surface area contributed by atoms with Crippen LogP contribution in [-0.2, 0) is 0 Å². The average Bonchev–Trinajstić information content (AvgIpc) is 3.16. The third kappa shape index (κ3) is 3.53. The molecule has 0 atom stereocenters. The molecule has 0 spiro atoms. The molecule has 29 heavy (non-hydrogen) atoms. The second kappa shape index (κ2) is 7.46. The van der Waals surface area contributed by atoms with Crippen LogP contribution in [-0.4, -0.2) is 28.0 Å². The first-order valence-electron chi connectivity index (χ1n) is 9.44. The number of halogens is 3. The highest BCUT2D eigenvalue weighted by atomic mass is 35.5. The van der Waals surface area contributed by atoms with E-state index in [1.54, 1.807) is 23.5 Å². The maximum absolute atomic E-state index is 13.3. The molecule has 1 aliphatic heterocycles. The molecule has 0 bridgehead atoms. The maximum atomic E-state index is 13.3. The van der Waals surface area contributed by atoms with Crippen molar-refractivity contribution in [3.63, 3.8) is 0 Å². The van der Waals surface area contributed by atoms with Crippen LogP contribution in [0.2, 0.25) is 5.02 Å². The minimum atomic E-state index is -2.69. The fraction of sp³-hybridized carbons (Fsp3) is 0.286. The highest BCUT2D eigenvalue weighted by Crippen LogP contribution is 2.37. The largest absolute Gasteiger partial charge is 0.356 e. The number of piperidine rings is 1. The van der Waals surface area contributed by atoms with Gasteiger partial charge in [0.1, 0.15) is 5.82 Å². The van der Waals surface area contributed by atoms with Gasteiger partial charge >= 0.3 is 0 Å². The number of aromatic nitrogens is 3. The van der Waals surface area contributed by atoms with Gasteiger partial charge in [-0.15, -0.1) is 11.3 Å². The van der Waals surface area contributed by atoms with E-state index in [4.69, 9.17) is 16.6 Å². The Morgan fingerprint density at radius 1 is 1.00 bits per heavy atom. The number of rotatable bonds is 3. The number of hydrogen-bond donors (Lipinski definition) is 0. The summed E-state index contributed by atoms with van der Waals surface area (Å²) in [7, 11) is 0. The van der Waals surface area contributed by atoms with Gasteiger partial charge in [0.05, 0.1) is 20.7 Å². The molecule has 0 radical (unpaired) electrons. The Labute approximate surface area is 175 Å². The van der Waals surface area contributed by atoms with Crippen LogP contribution in [0, 0.1) is 0 Å². The topological polar surface area (TPSA) is 41.9 Å². The van der Waals surface area contributed by atoms with E-state index < -0.39 is 12.2 Å². The van der Waals surface area contributed by atoms with Crippen molar-refractivity contribution in [2.24, 2.45) is 0 Å². The van der Waals surface area contributed by atoms with Crippen LogP contribution >= 0.6 is 22.9 Å². The summed E-state index contributed by atoms with van der Waals surface area (Å²) in [6.45, 7) is 1.48. The summed E-state index contributed by atoms with van der Waals surface area (Å²) >= 11 is 7.78. The highest BCUT2D eigenvalue weighted by Gasteiger charge is 2.26. The molecule has 4 aromatic rings. The first-order valence-corrected chi connectivity index (χ1v) is 10.6. The zero-order valence-corrected chi connectivity index (χ0v) is 16.9. The standard InChI is InChI=1S/C21H17ClF2N4S/c22-13-5-6-17-16(11-13)26-21(29-17)12-7-9-28(10-8-12)20-14-3-1-2-4-15(14)25-19(27-20)18(23)24/h1-6,11-12,18H,7-10H2. The lowest BCUT2D eigenvalue weighted by Crippen LogP contribution is -2.34. The Kier molecular flexibility index (Phi) is 4.80. The molecule has 2 aromatic heterocycles. The van der Waals surface area contributed by atoms with Gasteiger partial charge in [0.2, 0.25) is 0 Å².